The lowest BCUT2D eigenvalue weighted by molar-refractivity contribution is 0.713. The van der Waals surface area contributed by atoms with Gasteiger partial charge in [0.05, 0.1) is 5.52 Å². The average molecular weight is 337 g/mol. The molecule has 0 saturated carbocycles. The topological polar surface area (TPSA) is 4.93 Å². The molecule has 0 aliphatic carbocycles. The van der Waals surface area contributed by atoms with Crippen molar-refractivity contribution >= 4 is 24.3 Å². The van der Waals surface area contributed by atoms with E-state index in [2.05, 4.69) is 107 Å². The first kappa shape index (κ1) is 17.2. The summed E-state index contributed by atoms with van der Waals surface area (Å²) in [6.45, 7) is 14.3. The molecular weight excluding hydrogens is 309 g/mol. The third kappa shape index (κ3) is 3.15. The molecule has 0 radical (unpaired) electrons. The number of hydrogen-bond donors (Lipinski definition) is 0. The van der Waals surface area contributed by atoms with Crippen LogP contribution in [0.3, 0.4) is 0 Å². The monoisotopic (exact) mass is 337 g/mol. The Morgan fingerprint density at radius 2 is 1.25 bits per heavy atom. The van der Waals surface area contributed by atoms with Crippen molar-refractivity contribution in [1.82, 2.24) is 4.57 Å². The number of rotatable bonds is 2. The molecule has 0 amide bonds. The number of para-hydroxylation sites is 2. The molecule has 2 heteroatoms. The highest BCUT2D eigenvalue weighted by Gasteiger charge is 2.38. The maximum absolute atomic E-state index is 2.48. The van der Waals surface area contributed by atoms with Crippen molar-refractivity contribution in [3.05, 3.63) is 60.7 Å². The highest BCUT2D eigenvalue weighted by molar-refractivity contribution is 7.68. The first-order chi connectivity index (χ1) is 11.2. The molecule has 24 heavy (non-hydrogen) atoms. The molecule has 2 aromatic carbocycles. The Bertz CT molecular complexity index is 818. The summed E-state index contributed by atoms with van der Waals surface area (Å²) in [5, 5.41) is 1.82. The van der Waals surface area contributed by atoms with Crippen LogP contribution in [0.5, 0.6) is 0 Å². The van der Waals surface area contributed by atoms with Gasteiger partial charge < -0.3 is 4.57 Å². The van der Waals surface area contributed by atoms with Gasteiger partial charge in [0.2, 0.25) is 0 Å². The van der Waals surface area contributed by atoms with Gasteiger partial charge in [-0.3, -0.25) is 0 Å². The zero-order valence-electron chi connectivity index (χ0n) is 15.7. The van der Waals surface area contributed by atoms with Crippen LogP contribution in [0.4, 0.5) is 0 Å². The lowest BCUT2D eigenvalue weighted by Gasteiger charge is -2.42. The number of hydrogen-bond acceptors (Lipinski definition) is 0. The molecule has 0 saturated heterocycles. The Balaban J connectivity index is 2.35. The van der Waals surface area contributed by atoms with Crippen LogP contribution in [0.2, 0.25) is 0 Å². The van der Waals surface area contributed by atoms with E-state index in [1.165, 1.54) is 22.0 Å². The maximum atomic E-state index is 2.48. The normalized spacial score (nSPS) is 13.0. The molecule has 0 atom stereocenters. The van der Waals surface area contributed by atoms with Crippen molar-refractivity contribution < 1.29 is 0 Å². The SMILES string of the molecule is CC(C)(C)P(c1cc2ccccc2n1-c1ccccc1)C(C)(C)C. The van der Waals surface area contributed by atoms with E-state index in [1.54, 1.807) is 0 Å². The summed E-state index contributed by atoms with van der Waals surface area (Å²) in [6, 6.07) is 22.0. The predicted octanol–water partition coefficient (Wildman–Crippen LogP) is 6.33. The zero-order chi connectivity index (χ0) is 17.5. The smallest absolute Gasteiger partial charge is 0.0535 e. The van der Waals surface area contributed by atoms with E-state index in [0.29, 0.717) is 0 Å². The van der Waals surface area contributed by atoms with Crippen LogP contribution in [0.1, 0.15) is 41.5 Å². The van der Waals surface area contributed by atoms with Crippen LogP contribution < -0.4 is 5.44 Å². The molecule has 0 fully saturated rings. The Labute approximate surface area is 147 Å². The quantitative estimate of drug-likeness (QED) is 0.481. The lowest BCUT2D eigenvalue weighted by Crippen LogP contribution is -2.33. The molecule has 0 aliphatic heterocycles. The maximum Gasteiger partial charge on any atom is 0.0535 e. The minimum atomic E-state index is -0.366. The van der Waals surface area contributed by atoms with Crippen LogP contribution >= 0.6 is 7.92 Å². The van der Waals surface area contributed by atoms with Crippen molar-refractivity contribution in [1.29, 1.82) is 0 Å². The summed E-state index contributed by atoms with van der Waals surface area (Å²) in [4.78, 5) is 0. The number of benzene rings is 2. The first-order valence-electron chi connectivity index (χ1n) is 8.66. The fourth-order valence-electron chi connectivity index (χ4n) is 3.85. The molecule has 0 aliphatic rings. The van der Waals surface area contributed by atoms with Gasteiger partial charge in [0.1, 0.15) is 0 Å². The van der Waals surface area contributed by atoms with Crippen LogP contribution in [-0.4, -0.2) is 14.9 Å². The second-order valence-corrected chi connectivity index (χ2v) is 12.2. The van der Waals surface area contributed by atoms with E-state index in [9.17, 15) is 0 Å². The first-order valence-corrected chi connectivity index (χ1v) is 10.00. The fraction of sp³-hybridized carbons (Fsp3) is 0.364. The minimum Gasteiger partial charge on any atom is -0.310 e. The van der Waals surface area contributed by atoms with Gasteiger partial charge in [-0.1, -0.05) is 77.9 Å². The molecule has 0 spiro atoms. The van der Waals surface area contributed by atoms with E-state index in [0.717, 1.165) is 0 Å². The van der Waals surface area contributed by atoms with Gasteiger partial charge in [0, 0.05) is 16.5 Å². The van der Waals surface area contributed by atoms with Crippen LogP contribution in [0.25, 0.3) is 16.6 Å². The molecule has 126 valence electrons. The molecule has 3 aromatic rings. The van der Waals surface area contributed by atoms with Crippen LogP contribution in [0, 0.1) is 0 Å². The minimum absolute atomic E-state index is 0.245. The summed E-state index contributed by atoms with van der Waals surface area (Å²) in [5.74, 6) is 0. The van der Waals surface area contributed by atoms with Gasteiger partial charge in [-0.25, -0.2) is 0 Å². The molecule has 0 N–H and O–H groups in total. The zero-order valence-corrected chi connectivity index (χ0v) is 16.6. The summed E-state index contributed by atoms with van der Waals surface area (Å²) in [6.07, 6.45) is 0. The summed E-state index contributed by atoms with van der Waals surface area (Å²) < 4.78 is 2.48. The standard InChI is InChI=1S/C22H28NP/c1-21(2,3)24(22(4,5)6)20-16-17-12-10-11-15-19(17)23(20)18-13-8-7-9-14-18/h7-16H,1-6H3. The largest absolute Gasteiger partial charge is 0.310 e. The highest BCUT2D eigenvalue weighted by Crippen LogP contribution is 2.58. The number of nitrogens with zero attached hydrogens (tertiary/aromatic N) is 1. The van der Waals surface area contributed by atoms with Crippen molar-refractivity contribution in [3.63, 3.8) is 0 Å². The van der Waals surface area contributed by atoms with Crippen LogP contribution in [-0.2, 0) is 0 Å². The van der Waals surface area contributed by atoms with Gasteiger partial charge in [-0.2, -0.15) is 0 Å². The second-order valence-electron chi connectivity index (χ2n) is 8.41. The van der Waals surface area contributed by atoms with E-state index < -0.39 is 0 Å². The van der Waals surface area contributed by atoms with Gasteiger partial charge in [0.25, 0.3) is 0 Å². The van der Waals surface area contributed by atoms with Gasteiger partial charge >= 0.3 is 0 Å². The van der Waals surface area contributed by atoms with Gasteiger partial charge in [-0.05, 0) is 42.5 Å². The van der Waals surface area contributed by atoms with Gasteiger partial charge in [-0.15, -0.1) is 0 Å². The molecule has 1 nitrogen and oxygen atoms in total. The Kier molecular flexibility index (Phi) is 4.34. The second kappa shape index (κ2) is 6.05. The Morgan fingerprint density at radius 3 is 1.83 bits per heavy atom. The van der Waals surface area contributed by atoms with Gasteiger partial charge in [0.15, 0.2) is 0 Å². The summed E-state index contributed by atoms with van der Waals surface area (Å²) in [5.41, 5.74) is 4.03. The average Bonchev–Trinajstić information content (AvgIpc) is 2.83. The third-order valence-electron chi connectivity index (χ3n) is 4.28. The van der Waals surface area contributed by atoms with E-state index in [-0.39, 0.29) is 18.2 Å². The number of fused-ring (bicyclic) bond motifs is 1. The fourth-order valence-corrected chi connectivity index (χ4v) is 7.93. The predicted molar refractivity (Wildman–Crippen MR) is 109 cm³/mol. The third-order valence-corrected chi connectivity index (χ3v) is 7.75. The Morgan fingerprint density at radius 1 is 0.708 bits per heavy atom. The highest BCUT2D eigenvalue weighted by atomic mass is 31.1. The van der Waals surface area contributed by atoms with Crippen molar-refractivity contribution in [3.8, 4) is 5.69 Å². The molecule has 0 bridgehead atoms. The molecule has 3 rings (SSSR count). The van der Waals surface area contributed by atoms with Crippen molar-refractivity contribution in [2.75, 3.05) is 0 Å². The summed E-state index contributed by atoms with van der Waals surface area (Å²) in [7, 11) is -0.366. The lowest BCUT2D eigenvalue weighted by atomic mass is 10.2. The van der Waals surface area contributed by atoms with E-state index >= 15 is 0 Å². The Hall–Kier alpha value is -1.59. The van der Waals surface area contributed by atoms with E-state index in [1.807, 2.05) is 0 Å². The van der Waals surface area contributed by atoms with Crippen LogP contribution in [0.15, 0.2) is 60.7 Å². The summed E-state index contributed by atoms with van der Waals surface area (Å²) >= 11 is 0. The molecule has 1 aromatic heterocycles. The van der Waals surface area contributed by atoms with Crippen molar-refractivity contribution in [2.24, 2.45) is 0 Å². The number of aromatic nitrogens is 1. The van der Waals surface area contributed by atoms with E-state index in [4.69, 9.17) is 0 Å². The molecular formula is C22H28NP. The molecule has 0 unspecified atom stereocenters. The van der Waals surface area contributed by atoms with Crippen molar-refractivity contribution in [2.45, 2.75) is 51.9 Å². The molecule has 1 heterocycles.